The summed E-state index contributed by atoms with van der Waals surface area (Å²) in [6.07, 6.45) is 4.24. The van der Waals surface area contributed by atoms with Gasteiger partial charge in [-0.15, -0.1) is 11.3 Å². The molecule has 1 aromatic heterocycles. The van der Waals surface area contributed by atoms with E-state index in [1.807, 2.05) is 25.1 Å². The molecule has 2 aromatic carbocycles. The van der Waals surface area contributed by atoms with Crippen molar-refractivity contribution in [3.05, 3.63) is 52.5 Å². The topological polar surface area (TPSA) is 88.2 Å². The van der Waals surface area contributed by atoms with Gasteiger partial charge in [0.25, 0.3) is 0 Å². The Morgan fingerprint density at radius 2 is 1.90 bits per heavy atom. The molecule has 0 bridgehead atoms. The molecule has 0 aliphatic heterocycles. The van der Waals surface area contributed by atoms with Crippen molar-refractivity contribution in [3.8, 4) is 0 Å². The summed E-state index contributed by atoms with van der Waals surface area (Å²) in [7, 11) is -3.62. The van der Waals surface area contributed by atoms with Crippen molar-refractivity contribution in [2.24, 2.45) is 0 Å². The second kappa shape index (κ2) is 8.22. The lowest BCUT2D eigenvalue weighted by Crippen LogP contribution is -2.28. The Balaban J connectivity index is 1.34. The van der Waals surface area contributed by atoms with Gasteiger partial charge in [-0.2, -0.15) is 0 Å². The number of benzene rings is 2. The quantitative estimate of drug-likeness (QED) is 0.624. The van der Waals surface area contributed by atoms with Crippen molar-refractivity contribution < 1.29 is 13.2 Å². The van der Waals surface area contributed by atoms with Crippen molar-refractivity contribution in [2.45, 2.75) is 43.9 Å². The van der Waals surface area contributed by atoms with Gasteiger partial charge in [-0.3, -0.25) is 4.79 Å². The van der Waals surface area contributed by atoms with Crippen LogP contribution in [0.15, 0.2) is 41.3 Å². The maximum absolute atomic E-state index is 12.6. The molecule has 2 N–H and O–H groups in total. The zero-order valence-corrected chi connectivity index (χ0v) is 17.8. The Morgan fingerprint density at radius 1 is 1.10 bits per heavy atom. The normalized spacial score (nSPS) is 14.0. The molecule has 8 heteroatoms. The van der Waals surface area contributed by atoms with E-state index >= 15 is 0 Å². The summed E-state index contributed by atoms with van der Waals surface area (Å²) in [6, 6.07) is 10.9. The predicted octanol–water partition coefficient (Wildman–Crippen LogP) is 3.79. The minimum Gasteiger partial charge on any atom is -0.326 e. The smallest absolute Gasteiger partial charge is 0.240 e. The Kier molecular flexibility index (Phi) is 5.67. The van der Waals surface area contributed by atoms with Crippen LogP contribution < -0.4 is 10.0 Å². The fraction of sp³-hybridized carbons (Fsp3) is 0.333. The van der Waals surface area contributed by atoms with Gasteiger partial charge in [0.15, 0.2) is 0 Å². The number of thiazole rings is 1. The Morgan fingerprint density at radius 3 is 2.72 bits per heavy atom. The van der Waals surface area contributed by atoms with Gasteiger partial charge >= 0.3 is 0 Å². The van der Waals surface area contributed by atoms with E-state index in [-0.39, 0.29) is 23.8 Å². The van der Waals surface area contributed by atoms with Crippen LogP contribution in [0.2, 0.25) is 0 Å². The molecule has 29 heavy (non-hydrogen) atoms. The largest absolute Gasteiger partial charge is 0.326 e. The van der Waals surface area contributed by atoms with Gasteiger partial charge in [-0.1, -0.05) is 6.07 Å². The number of hydrogen-bond donors (Lipinski definition) is 2. The summed E-state index contributed by atoms with van der Waals surface area (Å²) in [6.45, 7) is 1.99. The SMILES string of the molecule is Cc1nc2ccc(NC(=O)CCNS(=O)(=O)c3ccc4c(c3)CCCC4)cc2s1. The molecule has 0 saturated heterocycles. The van der Waals surface area contributed by atoms with Crippen LogP contribution in [0.25, 0.3) is 10.2 Å². The molecule has 0 radical (unpaired) electrons. The molecule has 1 heterocycles. The van der Waals surface area contributed by atoms with E-state index in [1.54, 1.807) is 29.5 Å². The first kappa shape index (κ1) is 20.0. The number of sulfonamides is 1. The maximum atomic E-state index is 12.6. The van der Waals surface area contributed by atoms with E-state index in [9.17, 15) is 13.2 Å². The molecule has 0 atom stereocenters. The molecule has 0 fully saturated rings. The van der Waals surface area contributed by atoms with Crippen LogP contribution >= 0.6 is 11.3 Å². The summed E-state index contributed by atoms with van der Waals surface area (Å²) >= 11 is 1.57. The lowest BCUT2D eigenvalue weighted by Gasteiger charge is -2.16. The number of nitrogens with zero attached hydrogens (tertiary/aromatic N) is 1. The third-order valence-electron chi connectivity index (χ3n) is 5.05. The average molecular weight is 430 g/mol. The highest BCUT2D eigenvalue weighted by atomic mass is 32.2. The van der Waals surface area contributed by atoms with E-state index in [0.717, 1.165) is 46.5 Å². The number of anilines is 1. The van der Waals surface area contributed by atoms with Crippen molar-refractivity contribution in [1.82, 2.24) is 9.71 Å². The van der Waals surface area contributed by atoms with Crippen LogP contribution in [0.1, 0.15) is 35.4 Å². The van der Waals surface area contributed by atoms with Gasteiger partial charge in [0.05, 0.1) is 20.1 Å². The number of aryl methyl sites for hydroxylation is 3. The number of fused-ring (bicyclic) bond motifs is 2. The van der Waals surface area contributed by atoms with Crippen LogP contribution in [-0.4, -0.2) is 25.9 Å². The molecule has 0 spiro atoms. The monoisotopic (exact) mass is 429 g/mol. The van der Waals surface area contributed by atoms with Gasteiger partial charge in [0.2, 0.25) is 15.9 Å². The minimum absolute atomic E-state index is 0.0488. The van der Waals surface area contributed by atoms with E-state index < -0.39 is 10.0 Å². The standard InChI is InChI=1S/C21H23N3O3S2/c1-14-23-19-9-7-17(13-20(19)28-14)24-21(25)10-11-22-29(26,27)18-8-6-15-4-2-3-5-16(15)12-18/h6-9,12-13,22H,2-5,10-11H2,1H3,(H,24,25). The number of amides is 1. The van der Waals surface area contributed by atoms with E-state index in [4.69, 9.17) is 0 Å². The van der Waals surface area contributed by atoms with Crippen LogP contribution in [-0.2, 0) is 27.7 Å². The fourth-order valence-electron chi connectivity index (χ4n) is 3.60. The predicted molar refractivity (Wildman–Crippen MR) is 116 cm³/mol. The Hall–Kier alpha value is -2.29. The van der Waals surface area contributed by atoms with Crippen LogP contribution in [0.4, 0.5) is 5.69 Å². The minimum atomic E-state index is -3.62. The first-order chi connectivity index (χ1) is 13.9. The zero-order valence-electron chi connectivity index (χ0n) is 16.2. The molecule has 0 unspecified atom stereocenters. The maximum Gasteiger partial charge on any atom is 0.240 e. The highest BCUT2D eigenvalue weighted by Gasteiger charge is 2.18. The van der Waals surface area contributed by atoms with Gasteiger partial charge in [-0.25, -0.2) is 18.1 Å². The number of rotatable bonds is 6. The highest BCUT2D eigenvalue weighted by Crippen LogP contribution is 2.25. The first-order valence-electron chi connectivity index (χ1n) is 9.69. The molecule has 6 nitrogen and oxygen atoms in total. The van der Waals surface area contributed by atoms with Gasteiger partial charge in [0, 0.05) is 18.7 Å². The Bertz CT molecular complexity index is 1170. The summed E-state index contributed by atoms with van der Waals surface area (Å²) in [5.41, 5.74) is 3.94. The van der Waals surface area contributed by atoms with E-state index in [0.29, 0.717) is 5.69 Å². The van der Waals surface area contributed by atoms with Crippen LogP contribution in [0, 0.1) is 6.92 Å². The van der Waals surface area contributed by atoms with Gasteiger partial charge in [0.1, 0.15) is 0 Å². The van der Waals surface area contributed by atoms with Crippen molar-refractivity contribution in [3.63, 3.8) is 0 Å². The Labute approximate surface area is 174 Å². The summed E-state index contributed by atoms with van der Waals surface area (Å²) in [5.74, 6) is -0.237. The molecular weight excluding hydrogens is 406 g/mol. The van der Waals surface area contributed by atoms with Gasteiger partial charge < -0.3 is 5.32 Å². The third-order valence-corrected chi connectivity index (χ3v) is 7.45. The van der Waals surface area contributed by atoms with Crippen molar-refractivity contribution >= 4 is 43.2 Å². The number of aromatic nitrogens is 1. The highest BCUT2D eigenvalue weighted by molar-refractivity contribution is 7.89. The number of carbonyl (C=O) groups excluding carboxylic acids is 1. The number of nitrogens with one attached hydrogen (secondary N) is 2. The molecule has 1 aliphatic carbocycles. The molecule has 0 saturated carbocycles. The average Bonchev–Trinajstić information content (AvgIpc) is 3.06. The zero-order chi connectivity index (χ0) is 20.4. The number of carbonyl (C=O) groups is 1. The van der Waals surface area contributed by atoms with Gasteiger partial charge in [-0.05, 0) is 74.1 Å². The lowest BCUT2D eigenvalue weighted by molar-refractivity contribution is -0.116. The molecule has 1 aliphatic rings. The summed E-state index contributed by atoms with van der Waals surface area (Å²) < 4.78 is 28.7. The van der Waals surface area contributed by atoms with Crippen LogP contribution in [0.3, 0.4) is 0 Å². The molecule has 4 rings (SSSR count). The fourth-order valence-corrected chi connectivity index (χ4v) is 5.55. The number of hydrogen-bond acceptors (Lipinski definition) is 5. The van der Waals surface area contributed by atoms with Crippen molar-refractivity contribution in [1.29, 1.82) is 0 Å². The summed E-state index contributed by atoms with van der Waals surface area (Å²) in [4.78, 5) is 16.9. The molecule has 152 valence electrons. The van der Waals surface area contributed by atoms with E-state index in [2.05, 4.69) is 15.0 Å². The second-order valence-corrected chi connectivity index (χ2v) is 10.3. The molecular formula is C21H23N3O3S2. The first-order valence-corrected chi connectivity index (χ1v) is 12.0. The molecule has 1 amide bonds. The molecule has 3 aromatic rings. The lowest BCUT2D eigenvalue weighted by atomic mass is 9.92. The van der Waals surface area contributed by atoms with Crippen molar-refractivity contribution in [2.75, 3.05) is 11.9 Å². The third kappa shape index (κ3) is 4.66. The van der Waals surface area contributed by atoms with Crippen LogP contribution in [0.5, 0.6) is 0 Å². The summed E-state index contributed by atoms with van der Waals surface area (Å²) in [5, 5.41) is 3.79. The second-order valence-electron chi connectivity index (χ2n) is 7.25. The van der Waals surface area contributed by atoms with E-state index in [1.165, 1.54) is 5.56 Å².